The second kappa shape index (κ2) is 4.91. The fourth-order valence-corrected chi connectivity index (χ4v) is 1.63. The Balaban J connectivity index is 2.07. The zero-order chi connectivity index (χ0) is 12.3. The molecule has 0 saturated heterocycles. The number of aromatic amines is 1. The van der Waals surface area contributed by atoms with Crippen LogP contribution in [0, 0.1) is 0 Å². The quantitative estimate of drug-likeness (QED) is 0.819. The molecule has 0 aliphatic carbocycles. The number of Topliss-reactive ketones (excluding diaryl/α,β-unsaturated/α-hetero) is 1. The molecule has 0 saturated carbocycles. The minimum atomic E-state index is -0.0175. The van der Waals surface area contributed by atoms with E-state index in [2.05, 4.69) is 41.4 Å². The minimum Gasteiger partial charge on any atom is -0.292 e. The van der Waals surface area contributed by atoms with Crippen LogP contribution in [0.2, 0.25) is 0 Å². The summed E-state index contributed by atoms with van der Waals surface area (Å²) in [7, 11) is 0. The van der Waals surface area contributed by atoms with Crippen LogP contribution < -0.4 is 0 Å². The Morgan fingerprint density at radius 1 is 1.29 bits per heavy atom. The summed E-state index contributed by atoms with van der Waals surface area (Å²) < 4.78 is 0. The molecule has 0 fully saturated rings. The van der Waals surface area contributed by atoms with E-state index in [4.69, 9.17) is 0 Å². The lowest BCUT2D eigenvalue weighted by Gasteiger charge is -2.05. The Labute approximate surface area is 100 Å². The van der Waals surface area contributed by atoms with Gasteiger partial charge < -0.3 is 0 Å². The minimum absolute atomic E-state index is 0.0175. The SMILES string of the molecule is CC(C)c1ccc(CC(=O)c2cn[nH]n2)cc1. The second-order valence-corrected chi connectivity index (χ2v) is 4.35. The molecule has 88 valence electrons. The average Bonchev–Trinajstić information content (AvgIpc) is 2.83. The Hall–Kier alpha value is -1.97. The van der Waals surface area contributed by atoms with Crippen LogP contribution in [0.25, 0.3) is 0 Å². The molecule has 2 rings (SSSR count). The van der Waals surface area contributed by atoms with Gasteiger partial charge in [-0.25, -0.2) is 0 Å². The number of nitrogens with one attached hydrogen (secondary N) is 1. The van der Waals surface area contributed by atoms with Gasteiger partial charge in [-0.1, -0.05) is 38.1 Å². The van der Waals surface area contributed by atoms with E-state index in [1.807, 2.05) is 12.1 Å². The van der Waals surface area contributed by atoms with Gasteiger partial charge >= 0.3 is 0 Å². The van der Waals surface area contributed by atoms with Crippen molar-refractivity contribution in [3.63, 3.8) is 0 Å². The van der Waals surface area contributed by atoms with Gasteiger partial charge in [-0.15, -0.1) is 0 Å². The fraction of sp³-hybridized carbons (Fsp3) is 0.308. The number of ketones is 1. The van der Waals surface area contributed by atoms with E-state index in [1.54, 1.807) is 0 Å². The van der Waals surface area contributed by atoms with Crippen molar-refractivity contribution in [2.75, 3.05) is 0 Å². The first-order valence-corrected chi connectivity index (χ1v) is 5.64. The van der Waals surface area contributed by atoms with Gasteiger partial charge in [0.1, 0.15) is 5.69 Å². The highest BCUT2D eigenvalue weighted by molar-refractivity contribution is 5.95. The number of H-pyrrole nitrogens is 1. The molecule has 17 heavy (non-hydrogen) atoms. The van der Waals surface area contributed by atoms with Gasteiger partial charge in [-0.05, 0) is 17.0 Å². The van der Waals surface area contributed by atoms with Gasteiger partial charge in [0, 0.05) is 6.42 Å². The van der Waals surface area contributed by atoms with Crippen LogP contribution in [0.3, 0.4) is 0 Å². The molecule has 0 spiro atoms. The number of carbonyl (C=O) groups excluding carboxylic acids is 1. The lowest BCUT2D eigenvalue weighted by Crippen LogP contribution is -2.04. The number of aromatic nitrogens is 3. The van der Waals surface area contributed by atoms with E-state index in [1.165, 1.54) is 11.8 Å². The number of hydrogen-bond donors (Lipinski definition) is 1. The molecule has 1 N–H and O–H groups in total. The predicted molar refractivity (Wildman–Crippen MR) is 64.9 cm³/mol. The number of carbonyl (C=O) groups is 1. The molecule has 1 aromatic carbocycles. The topological polar surface area (TPSA) is 58.6 Å². The summed E-state index contributed by atoms with van der Waals surface area (Å²) in [6.07, 6.45) is 1.82. The zero-order valence-corrected chi connectivity index (χ0v) is 9.97. The van der Waals surface area contributed by atoms with Crippen molar-refractivity contribution in [1.29, 1.82) is 0 Å². The Morgan fingerprint density at radius 2 is 2.00 bits per heavy atom. The van der Waals surface area contributed by atoms with E-state index in [9.17, 15) is 4.79 Å². The molecule has 4 heteroatoms. The normalized spacial score (nSPS) is 10.8. The highest BCUT2D eigenvalue weighted by atomic mass is 16.1. The molecule has 2 aromatic rings. The summed E-state index contributed by atoms with van der Waals surface area (Å²) in [5.41, 5.74) is 2.67. The van der Waals surface area contributed by atoms with Crippen LogP contribution in [-0.4, -0.2) is 21.2 Å². The molecule has 0 aliphatic heterocycles. The number of hydrogen-bond acceptors (Lipinski definition) is 3. The molecule has 1 heterocycles. The van der Waals surface area contributed by atoms with E-state index in [0.717, 1.165) is 5.56 Å². The first-order valence-electron chi connectivity index (χ1n) is 5.64. The van der Waals surface area contributed by atoms with E-state index in [-0.39, 0.29) is 5.78 Å². The van der Waals surface area contributed by atoms with Crippen LogP contribution >= 0.6 is 0 Å². The third-order valence-electron chi connectivity index (χ3n) is 2.71. The molecule has 0 atom stereocenters. The average molecular weight is 229 g/mol. The summed E-state index contributed by atoms with van der Waals surface area (Å²) in [4.78, 5) is 11.8. The van der Waals surface area contributed by atoms with Gasteiger partial charge in [0.2, 0.25) is 0 Å². The van der Waals surface area contributed by atoms with E-state index < -0.39 is 0 Å². The van der Waals surface area contributed by atoms with Crippen LogP contribution in [0.15, 0.2) is 30.5 Å². The largest absolute Gasteiger partial charge is 0.292 e. The van der Waals surface area contributed by atoms with Crippen molar-refractivity contribution in [3.8, 4) is 0 Å². The molecule has 0 aliphatic rings. The standard InChI is InChI=1S/C13H15N3O/c1-9(2)11-5-3-10(4-6-11)7-13(17)12-8-14-16-15-12/h3-6,8-9H,7H2,1-2H3,(H,14,15,16). The number of rotatable bonds is 4. The van der Waals surface area contributed by atoms with Crippen molar-refractivity contribution in [3.05, 3.63) is 47.3 Å². The lowest BCUT2D eigenvalue weighted by molar-refractivity contribution is 0.0988. The summed E-state index contributed by atoms with van der Waals surface area (Å²) in [5.74, 6) is 0.492. The van der Waals surface area contributed by atoms with Gasteiger partial charge in [0.05, 0.1) is 6.20 Å². The number of benzene rings is 1. The maximum Gasteiger partial charge on any atom is 0.189 e. The van der Waals surface area contributed by atoms with Crippen LogP contribution in [0.4, 0.5) is 0 Å². The Kier molecular flexibility index (Phi) is 3.32. The molecule has 1 aromatic heterocycles. The van der Waals surface area contributed by atoms with Crippen LogP contribution in [-0.2, 0) is 6.42 Å². The first kappa shape index (κ1) is 11.5. The van der Waals surface area contributed by atoms with Crippen molar-refractivity contribution in [1.82, 2.24) is 15.4 Å². The van der Waals surface area contributed by atoms with Crippen LogP contribution in [0.1, 0.15) is 41.4 Å². The third-order valence-corrected chi connectivity index (χ3v) is 2.71. The highest BCUT2D eigenvalue weighted by Gasteiger charge is 2.09. The second-order valence-electron chi connectivity index (χ2n) is 4.35. The third kappa shape index (κ3) is 2.78. The molecule has 0 bridgehead atoms. The smallest absolute Gasteiger partial charge is 0.189 e. The van der Waals surface area contributed by atoms with E-state index in [0.29, 0.717) is 18.0 Å². The molecule has 0 unspecified atom stereocenters. The van der Waals surface area contributed by atoms with Gasteiger partial charge in [0.15, 0.2) is 5.78 Å². The molecular weight excluding hydrogens is 214 g/mol. The van der Waals surface area contributed by atoms with Crippen molar-refractivity contribution in [2.24, 2.45) is 0 Å². The highest BCUT2D eigenvalue weighted by Crippen LogP contribution is 2.15. The molecule has 0 radical (unpaired) electrons. The van der Waals surface area contributed by atoms with Gasteiger partial charge in [-0.3, -0.25) is 4.79 Å². The fourth-order valence-electron chi connectivity index (χ4n) is 1.63. The molecule has 0 amide bonds. The maximum absolute atomic E-state index is 11.8. The van der Waals surface area contributed by atoms with E-state index >= 15 is 0 Å². The summed E-state index contributed by atoms with van der Waals surface area (Å²) in [5, 5.41) is 9.84. The number of nitrogens with zero attached hydrogens (tertiary/aromatic N) is 2. The van der Waals surface area contributed by atoms with Crippen molar-refractivity contribution in [2.45, 2.75) is 26.2 Å². The zero-order valence-electron chi connectivity index (χ0n) is 9.97. The summed E-state index contributed by atoms with van der Waals surface area (Å²) >= 11 is 0. The first-order chi connectivity index (χ1) is 8.16. The maximum atomic E-state index is 11.8. The Morgan fingerprint density at radius 3 is 2.53 bits per heavy atom. The Bertz CT molecular complexity index is 486. The van der Waals surface area contributed by atoms with Crippen molar-refractivity contribution >= 4 is 5.78 Å². The predicted octanol–water partition coefficient (Wildman–Crippen LogP) is 2.35. The van der Waals surface area contributed by atoms with Gasteiger partial charge in [-0.2, -0.15) is 15.4 Å². The monoisotopic (exact) mass is 229 g/mol. The van der Waals surface area contributed by atoms with Gasteiger partial charge in [0.25, 0.3) is 0 Å². The summed E-state index contributed by atoms with van der Waals surface area (Å²) in [6.45, 7) is 4.30. The lowest BCUT2D eigenvalue weighted by atomic mass is 10.00. The van der Waals surface area contributed by atoms with Crippen molar-refractivity contribution < 1.29 is 4.79 Å². The summed E-state index contributed by atoms with van der Waals surface area (Å²) in [6, 6.07) is 8.12. The molecular formula is C13H15N3O. The molecule has 4 nitrogen and oxygen atoms in total. The van der Waals surface area contributed by atoms with Crippen LogP contribution in [0.5, 0.6) is 0 Å².